The van der Waals surface area contributed by atoms with Gasteiger partial charge in [0.05, 0.1) is 5.25 Å². The lowest BCUT2D eigenvalue weighted by molar-refractivity contribution is 0.506. The lowest BCUT2D eigenvalue weighted by Gasteiger charge is -2.13. The first-order chi connectivity index (χ1) is 10.7. The van der Waals surface area contributed by atoms with E-state index >= 15 is 0 Å². The van der Waals surface area contributed by atoms with E-state index in [1.165, 1.54) is 34.4 Å². The van der Waals surface area contributed by atoms with Gasteiger partial charge in [0.15, 0.2) is 11.6 Å². The molecule has 0 radical (unpaired) electrons. The van der Waals surface area contributed by atoms with Crippen molar-refractivity contribution in [2.75, 3.05) is 0 Å². The van der Waals surface area contributed by atoms with Gasteiger partial charge in [-0.1, -0.05) is 48.5 Å². The fourth-order valence-electron chi connectivity index (χ4n) is 2.92. The summed E-state index contributed by atoms with van der Waals surface area (Å²) in [6.07, 6.45) is 0. The van der Waals surface area contributed by atoms with Gasteiger partial charge >= 0.3 is 0 Å². The molecule has 0 fully saturated rings. The highest BCUT2D eigenvalue weighted by Gasteiger charge is 2.28. The third-order valence-electron chi connectivity index (χ3n) is 3.92. The van der Waals surface area contributed by atoms with E-state index in [1.54, 1.807) is 17.8 Å². The Morgan fingerprint density at radius 2 is 1.27 bits per heavy atom. The second-order valence-electron chi connectivity index (χ2n) is 5.25. The van der Waals surface area contributed by atoms with Crippen LogP contribution in [0.15, 0.2) is 71.6 Å². The fraction of sp³-hybridized carbons (Fsp3) is 0.0526. The molecule has 0 aliphatic heterocycles. The van der Waals surface area contributed by atoms with Crippen molar-refractivity contribution in [2.24, 2.45) is 0 Å². The first-order valence-corrected chi connectivity index (χ1v) is 7.92. The van der Waals surface area contributed by atoms with Gasteiger partial charge in [0.25, 0.3) is 0 Å². The average Bonchev–Trinajstić information content (AvgIpc) is 2.86. The topological polar surface area (TPSA) is 0 Å². The van der Waals surface area contributed by atoms with Crippen LogP contribution in [-0.4, -0.2) is 0 Å². The summed E-state index contributed by atoms with van der Waals surface area (Å²) in [5.74, 6) is -1.61. The Kier molecular flexibility index (Phi) is 3.23. The Bertz CT molecular complexity index is 812. The van der Waals surface area contributed by atoms with E-state index in [4.69, 9.17) is 0 Å². The molecule has 3 aromatic carbocycles. The van der Waals surface area contributed by atoms with Gasteiger partial charge in [-0.3, -0.25) is 0 Å². The van der Waals surface area contributed by atoms with Crippen LogP contribution in [0.2, 0.25) is 0 Å². The molecule has 1 aliphatic rings. The number of thioether (sulfide) groups is 1. The lowest BCUT2D eigenvalue weighted by atomic mass is 10.1. The van der Waals surface area contributed by atoms with Gasteiger partial charge in [-0.05, 0) is 40.5 Å². The molecule has 0 saturated heterocycles. The third kappa shape index (κ3) is 2.13. The fourth-order valence-corrected chi connectivity index (χ4v) is 4.18. The van der Waals surface area contributed by atoms with Crippen molar-refractivity contribution in [2.45, 2.75) is 10.1 Å². The summed E-state index contributed by atoms with van der Waals surface area (Å²) in [6.45, 7) is 0. The van der Waals surface area contributed by atoms with Crippen LogP contribution in [0, 0.1) is 11.6 Å². The van der Waals surface area contributed by atoms with Crippen LogP contribution in [-0.2, 0) is 0 Å². The Balaban J connectivity index is 1.79. The molecular weight excluding hydrogens is 298 g/mol. The van der Waals surface area contributed by atoms with Gasteiger partial charge in [-0.2, -0.15) is 0 Å². The first kappa shape index (κ1) is 13.5. The molecule has 1 aliphatic carbocycles. The number of halogens is 2. The quantitative estimate of drug-likeness (QED) is 0.574. The number of benzene rings is 3. The lowest BCUT2D eigenvalue weighted by Crippen LogP contribution is -1.92. The molecule has 0 atom stereocenters. The molecule has 0 bridgehead atoms. The van der Waals surface area contributed by atoms with E-state index in [1.807, 2.05) is 24.3 Å². The van der Waals surface area contributed by atoms with E-state index < -0.39 is 11.6 Å². The Hall–Kier alpha value is -2.13. The summed E-state index contributed by atoms with van der Waals surface area (Å²) in [6, 6.07) is 20.6. The van der Waals surface area contributed by atoms with E-state index in [0.717, 1.165) is 4.90 Å². The number of hydrogen-bond donors (Lipinski definition) is 0. The summed E-state index contributed by atoms with van der Waals surface area (Å²) in [4.78, 5) is 0.732. The van der Waals surface area contributed by atoms with E-state index in [2.05, 4.69) is 24.3 Å². The molecule has 22 heavy (non-hydrogen) atoms. The SMILES string of the molecule is Fc1ccc(SC2c3ccccc3-c3ccccc32)cc1F. The van der Waals surface area contributed by atoms with Crippen molar-refractivity contribution < 1.29 is 8.78 Å². The number of fused-ring (bicyclic) bond motifs is 3. The molecule has 4 rings (SSSR count). The molecule has 0 saturated carbocycles. The van der Waals surface area contributed by atoms with Crippen molar-refractivity contribution in [3.05, 3.63) is 89.5 Å². The molecule has 0 amide bonds. The molecule has 3 heteroatoms. The predicted octanol–water partition coefficient (Wildman–Crippen LogP) is 5.83. The van der Waals surface area contributed by atoms with E-state index in [9.17, 15) is 8.78 Å². The highest BCUT2D eigenvalue weighted by Crippen LogP contribution is 2.52. The van der Waals surface area contributed by atoms with Crippen LogP contribution in [0.3, 0.4) is 0 Å². The van der Waals surface area contributed by atoms with Crippen LogP contribution < -0.4 is 0 Å². The maximum atomic E-state index is 13.5. The Morgan fingerprint density at radius 1 is 0.682 bits per heavy atom. The molecule has 0 unspecified atom stereocenters. The van der Waals surface area contributed by atoms with E-state index in [-0.39, 0.29) is 5.25 Å². The van der Waals surface area contributed by atoms with Crippen molar-refractivity contribution in [3.63, 3.8) is 0 Å². The smallest absolute Gasteiger partial charge is 0.159 e. The van der Waals surface area contributed by atoms with E-state index in [0.29, 0.717) is 0 Å². The summed E-state index contributed by atoms with van der Waals surface area (Å²) >= 11 is 1.55. The van der Waals surface area contributed by atoms with Gasteiger partial charge in [0.2, 0.25) is 0 Å². The summed E-state index contributed by atoms with van der Waals surface area (Å²) < 4.78 is 26.6. The number of rotatable bonds is 2. The molecule has 3 aromatic rings. The minimum atomic E-state index is -0.809. The molecule has 0 nitrogen and oxygen atoms in total. The second-order valence-corrected chi connectivity index (χ2v) is 6.43. The van der Waals surface area contributed by atoms with Crippen molar-refractivity contribution in [1.82, 2.24) is 0 Å². The largest absolute Gasteiger partial charge is 0.204 e. The molecule has 108 valence electrons. The van der Waals surface area contributed by atoms with Crippen molar-refractivity contribution in [3.8, 4) is 11.1 Å². The zero-order valence-electron chi connectivity index (χ0n) is 11.6. The highest BCUT2D eigenvalue weighted by molar-refractivity contribution is 7.99. The van der Waals surface area contributed by atoms with Crippen molar-refractivity contribution in [1.29, 1.82) is 0 Å². The van der Waals surface area contributed by atoms with Crippen LogP contribution in [0.5, 0.6) is 0 Å². The minimum Gasteiger partial charge on any atom is -0.204 e. The third-order valence-corrected chi connectivity index (χ3v) is 5.19. The maximum absolute atomic E-state index is 13.5. The van der Waals surface area contributed by atoms with Gasteiger partial charge in [0.1, 0.15) is 0 Å². The predicted molar refractivity (Wildman–Crippen MR) is 85.9 cm³/mol. The molecule has 0 aromatic heterocycles. The second kappa shape index (κ2) is 5.25. The summed E-state index contributed by atoms with van der Waals surface area (Å²) in [5, 5.41) is 0.109. The van der Waals surface area contributed by atoms with Crippen LogP contribution >= 0.6 is 11.8 Å². The van der Waals surface area contributed by atoms with Gasteiger partial charge in [0, 0.05) is 4.90 Å². The number of hydrogen-bond acceptors (Lipinski definition) is 1. The maximum Gasteiger partial charge on any atom is 0.159 e. The first-order valence-electron chi connectivity index (χ1n) is 7.04. The molecule has 0 N–H and O–H groups in total. The highest BCUT2D eigenvalue weighted by atomic mass is 32.2. The normalized spacial score (nSPS) is 13.0. The van der Waals surface area contributed by atoms with Crippen molar-refractivity contribution >= 4 is 11.8 Å². The van der Waals surface area contributed by atoms with Gasteiger partial charge in [-0.25, -0.2) is 8.78 Å². The molecule has 0 spiro atoms. The zero-order valence-corrected chi connectivity index (χ0v) is 12.4. The Morgan fingerprint density at radius 3 is 1.86 bits per heavy atom. The minimum absolute atomic E-state index is 0.109. The Labute approximate surface area is 131 Å². The summed E-state index contributed by atoms with van der Waals surface area (Å²) in [7, 11) is 0. The molecular formula is C19H12F2S. The standard InChI is InChI=1S/C19H12F2S/c20-17-10-9-12(11-18(17)21)22-19-15-7-3-1-5-13(15)14-6-2-4-8-16(14)19/h1-11,19H. The summed E-state index contributed by atoms with van der Waals surface area (Å²) in [5.41, 5.74) is 4.88. The monoisotopic (exact) mass is 310 g/mol. The van der Waals surface area contributed by atoms with Crippen LogP contribution in [0.25, 0.3) is 11.1 Å². The van der Waals surface area contributed by atoms with Crippen LogP contribution in [0.1, 0.15) is 16.4 Å². The van der Waals surface area contributed by atoms with Crippen LogP contribution in [0.4, 0.5) is 8.78 Å². The average molecular weight is 310 g/mol. The molecule has 0 heterocycles. The zero-order chi connectivity index (χ0) is 15.1. The van der Waals surface area contributed by atoms with Gasteiger partial charge < -0.3 is 0 Å². The van der Waals surface area contributed by atoms with Gasteiger partial charge in [-0.15, -0.1) is 11.8 Å².